The number of hydrogen-bond donors (Lipinski definition) is 3. The van der Waals surface area contributed by atoms with E-state index in [1.54, 1.807) is 14.0 Å². The Morgan fingerprint density at radius 2 is 2.23 bits per heavy atom. The van der Waals surface area contributed by atoms with E-state index < -0.39 is 17.7 Å². The van der Waals surface area contributed by atoms with Crippen LogP contribution in [0, 0.1) is 11.8 Å². The second-order valence-electron chi connectivity index (χ2n) is 6.71. The second kappa shape index (κ2) is 5.45. The van der Waals surface area contributed by atoms with Gasteiger partial charge in [-0.15, -0.1) is 4.91 Å². The molecule has 0 radical (unpaired) electrons. The predicted molar refractivity (Wildman–Crippen MR) is 90.9 cm³/mol. The van der Waals surface area contributed by atoms with Gasteiger partial charge < -0.3 is 35.3 Å². The zero-order valence-electron chi connectivity index (χ0n) is 14.6. The molecule has 1 amide bonds. The quantitative estimate of drug-likeness (QED) is 0.514. The number of phenols is 1. The monoisotopic (exact) mass is 364 g/mol. The number of amides is 1. The lowest BCUT2D eigenvalue weighted by Crippen LogP contribution is -2.54. The molecule has 10 nitrogen and oxygen atoms in total. The number of hydrogen-bond acceptors (Lipinski definition) is 9. The van der Waals surface area contributed by atoms with Crippen LogP contribution >= 0.6 is 0 Å². The molecule has 0 aromatic heterocycles. The molecule has 2 saturated heterocycles. The number of nitrogens with one attached hydrogen (secondary N) is 1. The molecule has 3 heterocycles. The molecule has 26 heavy (non-hydrogen) atoms. The maximum absolute atomic E-state index is 11.3. The lowest BCUT2D eigenvalue weighted by atomic mass is 9.88. The summed E-state index contributed by atoms with van der Waals surface area (Å²) in [5.41, 5.74) is 5.64. The van der Waals surface area contributed by atoms with Crippen LogP contribution in [-0.4, -0.2) is 56.4 Å². The summed E-state index contributed by atoms with van der Waals surface area (Å²) >= 11 is 0. The lowest BCUT2D eigenvalue weighted by molar-refractivity contribution is -0.0337. The third-order valence-corrected chi connectivity index (χ3v) is 5.71. The Morgan fingerprint density at radius 3 is 2.81 bits per heavy atom. The first kappa shape index (κ1) is 16.9. The van der Waals surface area contributed by atoms with Gasteiger partial charge in [0.1, 0.15) is 12.4 Å². The minimum Gasteiger partial charge on any atom is -0.505 e. The fourth-order valence-corrected chi connectivity index (χ4v) is 4.66. The molecule has 0 bridgehead atoms. The van der Waals surface area contributed by atoms with Crippen molar-refractivity contribution in [3.05, 3.63) is 16.0 Å². The molecule has 1 aromatic rings. The number of piperazine rings is 1. The Balaban J connectivity index is 1.97. The fraction of sp³-hybridized carbons (Fsp3) is 0.562. The zero-order valence-corrected chi connectivity index (χ0v) is 14.6. The van der Waals surface area contributed by atoms with Crippen molar-refractivity contribution in [1.82, 2.24) is 5.32 Å². The highest BCUT2D eigenvalue weighted by Gasteiger charge is 2.71. The van der Waals surface area contributed by atoms with Gasteiger partial charge in [-0.25, -0.2) is 4.79 Å². The van der Waals surface area contributed by atoms with Gasteiger partial charge in [0.05, 0.1) is 24.8 Å². The topological polar surface area (TPSA) is 146 Å². The second-order valence-corrected chi connectivity index (χ2v) is 6.71. The van der Waals surface area contributed by atoms with Gasteiger partial charge in [0.15, 0.2) is 17.2 Å². The van der Waals surface area contributed by atoms with Crippen molar-refractivity contribution in [2.45, 2.75) is 30.7 Å². The summed E-state index contributed by atoms with van der Waals surface area (Å²) < 4.78 is 16.5. The van der Waals surface area contributed by atoms with E-state index in [9.17, 15) is 14.8 Å². The largest absolute Gasteiger partial charge is 0.505 e. The van der Waals surface area contributed by atoms with Crippen molar-refractivity contribution in [1.29, 1.82) is 0 Å². The number of methoxy groups -OCH3 is 2. The molecule has 10 heteroatoms. The molecule has 0 spiro atoms. The number of anilines is 1. The van der Waals surface area contributed by atoms with Gasteiger partial charge in [0.2, 0.25) is 0 Å². The van der Waals surface area contributed by atoms with Crippen LogP contribution in [0.1, 0.15) is 17.0 Å². The summed E-state index contributed by atoms with van der Waals surface area (Å²) in [6, 6.07) is 0.202. The summed E-state index contributed by atoms with van der Waals surface area (Å²) in [4.78, 5) is 24.5. The van der Waals surface area contributed by atoms with E-state index in [2.05, 4.69) is 10.5 Å². The van der Waals surface area contributed by atoms with Gasteiger partial charge in [0, 0.05) is 30.8 Å². The number of nitrogens with two attached hydrogens (primary N) is 1. The van der Waals surface area contributed by atoms with Crippen LogP contribution in [0.25, 0.3) is 0 Å². The Bertz CT molecular complexity index is 815. The fourth-order valence-electron chi connectivity index (χ4n) is 4.66. The van der Waals surface area contributed by atoms with Crippen molar-refractivity contribution >= 4 is 17.5 Å². The number of carbonyl (C=O) groups is 1. The number of primary amides is 1. The van der Waals surface area contributed by atoms with E-state index in [1.165, 1.54) is 7.11 Å². The first-order chi connectivity index (χ1) is 12.4. The molecule has 1 aromatic carbocycles. The Kier molecular flexibility index (Phi) is 3.53. The summed E-state index contributed by atoms with van der Waals surface area (Å²) in [7, 11) is 3.05. The van der Waals surface area contributed by atoms with Crippen LogP contribution in [-0.2, 0) is 9.47 Å². The number of phenolic OH excluding ortho intramolecular Hbond substituents is 1. The van der Waals surface area contributed by atoms with Gasteiger partial charge in [-0.1, -0.05) is 0 Å². The molecule has 4 atom stereocenters. The van der Waals surface area contributed by atoms with Gasteiger partial charge in [-0.05, 0) is 12.1 Å². The molecule has 140 valence electrons. The number of nitrogens with zero attached hydrogens (tertiary/aromatic N) is 2. The standard InChI is InChI=1S/C16H20N4O6/c1-6-10(19-23)12(21)9-7(5-26-15(17)22)16(25-3)14-8(18-14)4-20(16)11(9)13(6)24-2/h7-8,14,18,21H,4-5H2,1-3H3,(H2,17,22)/t7-,8+,14+,16-/m1/s1. The molecule has 0 aliphatic carbocycles. The van der Waals surface area contributed by atoms with Gasteiger partial charge in [-0.3, -0.25) is 0 Å². The normalized spacial score (nSPS) is 30.4. The average Bonchev–Trinajstić information content (AvgIpc) is 3.22. The summed E-state index contributed by atoms with van der Waals surface area (Å²) in [5.74, 6) is -0.388. The third-order valence-electron chi connectivity index (χ3n) is 5.71. The van der Waals surface area contributed by atoms with E-state index in [4.69, 9.17) is 19.9 Å². The smallest absolute Gasteiger partial charge is 0.404 e. The highest BCUT2D eigenvalue weighted by atomic mass is 16.6. The van der Waals surface area contributed by atoms with E-state index >= 15 is 0 Å². The Labute approximate surface area is 149 Å². The molecule has 4 N–H and O–H groups in total. The molecular formula is C16H20N4O6. The van der Waals surface area contributed by atoms with Gasteiger partial charge in [0.25, 0.3) is 0 Å². The van der Waals surface area contributed by atoms with Crippen molar-refractivity contribution in [2.24, 2.45) is 10.9 Å². The Hall–Kier alpha value is -2.59. The first-order valence-electron chi connectivity index (χ1n) is 8.20. The maximum atomic E-state index is 11.3. The Morgan fingerprint density at radius 1 is 1.50 bits per heavy atom. The zero-order chi connectivity index (χ0) is 18.8. The van der Waals surface area contributed by atoms with E-state index in [0.717, 1.165) is 0 Å². The minimum absolute atomic E-state index is 0.0153. The first-order valence-corrected chi connectivity index (χ1v) is 8.20. The molecule has 4 rings (SSSR count). The number of fused-ring (bicyclic) bond motifs is 5. The average molecular weight is 364 g/mol. The molecule has 3 aliphatic heterocycles. The number of carbonyl (C=O) groups excluding carboxylic acids is 1. The van der Waals surface area contributed by atoms with Crippen LogP contribution in [0.2, 0.25) is 0 Å². The van der Waals surface area contributed by atoms with Crippen molar-refractivity contribution < 1.29 is 24.1 Å². The SMILES string of the molecule is COc1c(C)c(N=O)c(O)c2c1N1C[C@@H]3N[C@@H]3[C@]1(OC)[C@@H]2COC(N)=O. The van der Waals surface area contributed by atoms with Gasteiger partial charge in [-0.2, -0.15) is 0 Å². The highest BCUT2D eigenvalue weighted by molar-refractivity contribution is 5.85. The lowest BCUT2D eigenvalue weighted by Gasteiger charge is -2.38. The summed E-state index contributed by atoms with van der Waals surface area (Å²) in [6.45, 7) is 2.17. The minimum atomic E-state index is -0.929. The molecular weight excluding hydrogens is 344 g/mol. The highest BCUT2D eigenvalue weighted by Crippen LogP contribution is 2.64. The number of rotatable bonds is 5. The number of ether oxygens (including phenoxy) is 3. The van der Waals surface area contributed by atoms with Crippen molar-refractivity contribution in [3.8, 4) is 11.5 Å². The van der Waals surface area contributed by atoms with Crippen molar-refractivity contribution in [3.63, 3.8) is 0 Å². The van der Waals surface area contributed by atoms with Crippen LogP contribution in [0.4, 0.5) is 16.2 Å². The van der Waals surface area contributed by atoms with E-state index in [1.807, 2.05) is 4.90 Å². The molecule has 3 aliphatic rings. The molecule has 2 fully saturated rings. The van der Waals surface area contributed by atoms with E-state index in [-0.39, 0.29) is 30.1 Å². The number of aromatic hydroxyl groups is 1. The van der Waals surface area contributed by atoms with Crippen LogP contribution in [0.3, 0.4) is 0 Å². The van der Waals surface area contributed by atoms with Crippen LogP contribution in [0.5, 0.6) is 11.5 Å². The molecule has 0 saturated carbocycles. The van der Waals surface area contributed by atoms with Gasteiger partial charge >= 0.3 is 6.09 Å². The van der Waals surface area contributed by atoms with E-state index in [0.29, 0.717) is 29.1 Å². The van der Waals surface area contributed by atoms with Crippen LogP contribution in [0.15, 0.2) is 5.18 Å². The molecule has 0 unspecified atom stereocenters. The maximum Gasteiger partial charge on any atom is 0.404 e. The third kappa shape index (κ3) is 1.85. The number of nitroso groups, excluding NO2 is 1. The summed E-state index contributed by atoms with van der Waals surface area (Å²) in [5, 5.41) is 17.1. The van der Waals surface area contributed by atoms with Crippen LogP contribution < -0.4 is 20.7 Å². The van der Waals surface area contributed by atoms with Crippen molar-refractivity contribution in [2.75, 3.05) is 32.3 Å². The summed E-state index contributed by atoms with van der Waals surface area (Å²) in [6.07, 6.45) is -0.929. The number of benzene rings is 1. The predicted octanol–water partition coefficient (Wildman–Crippen LogP) is 0.803.